The van der Waals surface area contributed by atoms with Crippen LogP contribution in [0.5, 0.6) is 0 Å². The fraction of sp³-hybridized carbons (Fsp3) is 0.231. The molecule has 2 amide bonds. The van der Waals surface area contributed by atoms with E-state index in [0.717, 1.165) is 0 Å². The van der Waals surface area contributed by atoms with E-state index in [0.29, 0.717) is 61.2 Å². The highest BCUT2D eigenvalue weighted by atomic mass is 16.4. The number of carbonyl (C=O) groups is 2. The monoisotopic (exact) mass is 473 g/mol. The molecule has 178 valence electrons. The van der Waals surface area contributed by atoms with Crippen LogP contribution in [0.1, 0.15) is 20.7 Å². The van der Waals surface area contributed by atoms with E-state index in [4.69, 9.17) is 8.83 Å². The Morgan fingerprint density at radius 1 is 0.771 bits per heavy atom. The number of nitrogens with one attached hydrogen (secondary N) is 1. The molecule has 1 saturated heterocycles. The van der Waals surface area contributed by atoms with Crippen LogP contribution >= 0.6 is 0 Å². The molecule has 35 heavy (non-hydrogen) atoms. The van der Waals surface area contributed by atoms with E-state index < -0.39 is 17.2 Å². The Bertz CT molecular complexity index is 1530. The maximum absolute atomic E-state index is 12.9. The molecule has 1 aliphatic heterocycles. The van der Waals surface area contributed by atoms with E-state index in [1.807, 2.05) is 6.07 Å². The molecule has 0 unspecified atom stereocenters. The lowest BCUT2D eigenvalue weighted by Gasteiger charge is -2.34. The van der Waals surface area contributed by atoms with Crippen LogP contribution in [0.15, 0.2) is 79.1 Å². The summed E-state index contributed by atoms with van der Waals surface area (Å²) in [4.78, 5) is 53.6. The van der Waals surface area contributed by atoms with Gasteiger partial charge < -0.3 is 19.1 Å². The molecule has 0 radical (unpaired) electrons. The second-order valence-corrected chi connectivity index (χ2v) is 8.36. The molecule has 5 rings (SSSR count). The third-order valence-corrected chi connectivity index (χ3v) is 6.13. The summed E-state index contributed by atoms with van der Waals surface area (Å²) in [7, 11) is 0. The van der Waals surface area contributed by atoms with Crippen LogP contribution in [-0.2, 0) is 0 Å². The SMILES string of the molecule is O=C(NCCN1CCN(C(=O)c2cc3ccccc3oc2=O)CC1)c1cc2ccccc2oc1=O. The van der Waals surface area contributed by atoms with Crippen LogP contribution in [0.3, 0.4) is 0 Å². The van der Waals surface area contributed by atoms with Crippen molar-refractivity contribution in [3.63, 3.8) is 0 Å². The molecule has 2 aromatic heterocycles. The summed E-state index contributed by atoms with van der Waals surface area (Å²) in [5, 5.41) is 4.14. The molecule has 9 heteroatoms. The van der Waals surface area contributed by atoms with E-state index in [2.05, 4.69) is 10.2 Å². The average molecular weight is 473 g/mol. The van der Waals surface area contributed by atoms with Crippen molar-refractivity contribution in [1.29, 1.82) is 0 Å². The van der Waals surface area contributed by atoms with Crippen molar-refractivity contribution < 1.29 is 18.4 Å². The lowest BCUT2D eigenvalue weighted by Crippen LogP contribution is -2.50. The molecule has 1 N–H and O–H groups in total. The van der Waals surface area contributed by atoms with Crippen LogP contribution in [0.25, 0.3) is 21.9 Å². The Kier molecular flexibility index (Phi) is 6.15. The van der Waals surface area contributed by atoms with Gasteiger partial charge in [-0.15, -0.1) is 0 Å². The van der Waals surface area contributed by atoms with Crippen molar-refractivity contribution in [3.8, 4) is 0 Å². The molecule has 0 atom stereocenters. The first-order valence-electron chi connectivity index (χ1n) is 11.4. The second-order valence-electron chi connectivity index (χ2n) is 8.36. The van der Waals surface area contributed by atoms with E-state index in [9.17, 15) is 19.2 Å². The molecule has 4 aromatic rings. The number of hydrogen-bond donors (Lipinski definition) is 1. The number of para-hydroxylation sites is 2. The highest BCUT2D eigenvalue weighted by Crippen LogP contribution is 2.15. The Morgan fingerprint density at radius 2 is 1.31 bits per heavy atom. The minimum absolute atomic E-state index is 0.0265. The lowest BCUT2D eigenvalue weighted by molar-refractivity contribution is 0.0634. The maximum Gasteiger partial charge on any atom is 0.349 e. The van der Waals surface area contributed by atoms with Crippen molar-refractivity contribution in [2.75, 3.05) is 39.3 Å². The van der Waals surface area contributed by atoms with Gasteiger partial charge in [-0.3, -0.25) is 14.5 Å². The zero-order valence-corrected chi connectivity index (χ0v) is 18.9. The van der Waals surface area contributed by atoms with Gasteiger partial charge >= 0.3 is 11.3 Å². The van der Waals surface area contributed by atoms with E-state index in [1.54, 1.807) is 53.4 Å². The number of rotatable bonds is 5. The molecule has 3 heterocycles. The Balaban J connectivity index is 1.15. The van der Waals surface area contributed by atoms with Gasteiger partial charge in [-0.05, 0) is 24.3 Å². The van der Waals surface area contributed by atoms with Crippen LogP contribution < -0.4 is 16.6 Å². The molecular formula is C26H23N3O6. The largest absolute Gasteiger partial charge is 0.422 e. The van der Waals surface area contributed by atoms with Crippen LogP contribution in [0, 0.1) is 0 Å². The standard InChI is InChI=1S/C26H23N3O6/c30-23(19-15-17-5-1-3-7-21(17)34-25(19)32)27-9-10-28-11-13-29(14-12-28)24(31)20-16-18-6-2-4-8-22(18)35-26(20)33/h1-8,15-16H,9-14H2,(H,27,30). The fourth-order valence-electron chi connectivity index (χ4n) is 4.20. The third-order valence-electron chi connectivity index (χ3n) is 6.13. The molecule has 1 fully saturated rings. The first kappa shape index (κ1) is 22.5. The summed E-state index contributed by atoms with van der Waals surface area (Å²) in [6, 6.07) is 17.2. The average Bonchev–Trinajstić information content (AvgIpc) is 2.87. The molecular weight excluding hydrogens is 450 g/mol. The van der Waals surface area contributed by atoms with E-state index in [-0.39, 0.29) is 17.0 Å². The number of fused-ring (bicyclic) bond motifs is 2. The summed E-state index contributed by atoms with van der Waals surface area (Å²) in [5.74, 6) is -0.832. The number of amides is 2. The predicted octanol–water partition coefficient (Wildman–Crippen LogP) is 2.09. The molecule has 0 spiro atoms. The number of carbonyl (C=O) groups excluding carboxylic acids is 2. The third kappa shape index (κ3) is 4.71. The van der Waals surface area contributed by atoms with Crippen LogP contribution in [0.4, 0.5) is 0 Å². The van der Waals surface area contributed by atoms with Gasteiger partial charge in [0.25, 0.3) is 11.8 Å². The minimum Gasteiger partial charge on any atom is -0.422 e. The summed E-state index contributed by atoms with van der Waals surface area (Å²) in [6.07, 6.45) is 0. The van der Waals surface area contributed by atoms with Crippen molar-refractivity contribution in [3.05, 3.63) is 92.6 Å². The van der Waals surface area contributed by atoms with Gasteiger partial charge in [-0.1, -0.05) is 36.4 Å². The highest BCUT2D eigenvalue weighted by Gasteiger charge is 2.25. The van der Waals surface area contributed by atoms with Gasteiger partial charge in [0.1, 0.15) is 22.3 Å². The quantitative estimate of drug-likeness (QED) is 0.442. The molecule has 0 bridgehead atoms. The smallest absolute Gasteiger partial charge is 0.349 e. The van der Waals surface area contributed by atoms with E-state index >= 15 is 0 Å². The molecule has 9 nitrogen and oxygen atoms in total. The number of nitrogens with zero attached hydrogens (tertiary/aromatic N) is 2. The minimum atomic E-state index is -0.675. The molecule has 2 aromatic carbocycles. The van der Waals surface area contributed by atoms with Gasteiger partial charge in [-0.2, -0.15) is 0 Å². The zero-order chi connectivity index (χ0) is 24.4. The number of benzene rings is 2. The topological polar surface area (TPSA) is 113 Å². The maximum atomic E-state index is 12.9. The Hall–Kier alpha value is -4.24. The highest BCUT2D eigenvalue weighted by molar-refractivity contribution is 5.97. The van der Waals surface area contributed by atoms with Gasteiger partial charge in [-0.25, -0.2) is 9.59 Å². The first-order valence-corrected chi connectivity index (χ1v) is 11.4. The van der Waals surface area contributed by atoms with Crippen molar-refractivity contribution in [2.24, 2.45) is 0 Å². The van der Waals surface area contributed by atoms with Crippen LogP contribution in [0.2, 0.25) is 0 Å². The molecule has 0 saturated carbocycles. The van der Waals surface area contributed by atoms with Gasteiger partial charge in [0, 0.05) is 50.0 Å². The van der Waals surface area contributed by atoms with Crippen molar-refractivity contribution in [2.45, 2.75) is 0 Å². The predicted molar refractivity (Wildman–Crippen MR) is 130 cm³/mol. The Labute approximate surface area is 199 Å². The second kappa shape index (κ2) is 9.55. The van der Waals surface area contributed by atoms with Gasteiger partial charge in [0.15, 0.2) is 0 Å². The van der Waals surface area contributed by atoms with Crippen LogP contribution in [-0.4, -0.2) is 60.9 Å². The zero-order valence-electron chi connectivity index (χ0n) is 18.9. The fourth-order valence-corrected chi connectivity index (χ4v) is 4.20. The number of hydrogen-bond acceptors (Lipinski definition) is 7. The summed E-state index contributed by atoms with van der Waals surface area (Å²) in [5.41, 5.74) is -0.444. The van der Waals surface area contributed by atoms with Crippen molar-refractivity contribution >= 4 is 33.8 Å². The van der Waals surface area contributed by atoms with E-state index in [1.165, 1.54) is 6.07 Å². The number of piperazine rings is 1. The molecule has 1 aliphatic rings. The lowest BCUT2D eigenvalue weighted by atomic mass is 10.1. The van der Waals surface area contributed by atoms with Gasteiger partial charge in [0.2, 0.25) is 0 Å². The van der Waals surface area contributed by atoms with Gasteiger partial charge in [0.05, 0.1) is 0 Å². The Morgan fingerprint density at radius 3 is 1.94 bits per heavy atom. The van der Waals surface area contributed by atoms with Crippen molar-refractivity contribution in [1.82, 2.24) is 15.1 Å². The molecule has 0 aliphatic carbocycles. The normalized spacial score (nSPS) is 14.3. The summed E-state index contributed by atoms with van der Waals surface area (Å²) >= 11 is 0. The first-order chi connectivity index (χ1) is 17.0. The summed E-state index contributed by atoms with van der Waals surface area (Å²) in [6.45, 7) is 3.00. The summed E-state index contributed by atoms with van der Waals surface area (Å²) < 4.78 is 10.5.